The number of aromatic nitrogens is 1. The number of rotatable bonds is 4. The molecule has 0 radical (unpaired) electrons. The van der Waals surface area contributed by atoms with Crippen molar-refractivity contribution in [3.05, 3.63) is 24.5 Å². The summed E-state index contributed by atoms with van der Waals surface area (Å²) >= 11 is 1.63. The van der Waals surface area contributed by atoms with Crippen molar-refractivity contribution < 1.29 is 4.79 Å². The summed E-state index contributed by atoms with van der Waals surface area (Å²) in [6.07, 6.45) is 5.63. The number of carbonyl (C=O) groups is 1. The lowest BCUT2D eigenvalue weighted by molar-refractivity contribution is -0.133. The highest BCUT2D eigenvalue weighted by molar-refractivity contribution is 8.00. The van der Waals surface area contributed by atoms with Gasteiger partial charge in [-0.15, -0.1) is 24.8 Å². The molecule has 1 saturated heterocycles. The van der Waals surface area contributed by atoms with Crippen LogP contribution < -0.4 is 10.6 Å². The Morgan fingerprint density at radius 1 is 1.30 bits per heavy atom. The van der Waals surface area contributed by atoms with E-state index in [9.17, 15) is 4.79 Å². The van der Waals surface area contributed by atoms with Gasteiger partial charge in [-0.3, -0.25) is 9.78 Å². The third-order valence-corrected chi connectivity index (χ3v) is 5.45. The number of halogens is 2. The quantitative estimate of drug-likeness (QED) is 0.865. The largest absolute Gasteiger partial charge is 0.367 e. The lowest BCUT2D eigenvalue weighted by Crippen LogP contribution is -2.57. The molecular weight excluding hydrogens is 355 g/mol. The van der Waals surface area contributed by atoms with Crippen molar-refractivity contribution in [3.8, 4) is 0 Å². The molecule has 8 heteroatoms. The van der Waals surface area contributed by atoms with Crippen molar-refractivity contribution in [2.45, 2.75) is 24.6 Å². The average molecular weight is 381 g/mol. The third-order valence-electron chi connectivity index (χ3n) is 4.14. The molecular formula is C15H26Cl2N4OS. The lowest BCUT2D eigenvalue weighted by Gasteiger charge is -2.39. The van der Waals surface area contributed by atoms with Gasteiger partial charge >= 0.3 is 0 Å². The van der Waals surface area contributed by atoms with Crippen LogP contribution in [-0.4, -0.2) is 59.0 Å². The zero-order valence-corrected chi connectivity index (χ0v) is 16.2. The van der Waals surface area contributed by atoms with E-state index in [-0.39, 0.29) is 35.5 Å². The van der Waals surface area contributed by atoms with Crippen LogP contribution in [0.25, 0.3) is 0 Å². The lowest BCUT2D eigenvalue weighted by atomic mass is 10.0. The molecule has 0 aromatic carbocycles. The Morgan fingerprint density at radius 3 is 2.39 bits per heavy atom. The van der Waals surface area contributed by atoms with Gasteiger partial charge in [0.05, 0.1) is 17.9 Å². The number of amides is 1. The maximum atomic E-state index is 12.5. The van der Waals surface area contributed by atoms with E-state index < -0.39 is 6.04 Å². The Kier molecular flexibility index (Phi) is 9.28. The highest BCUT2D eigenvalue weighted by Crippen LogP contribution is 2.26. The molecule has 1 aliphatic rings. The van der Waals surface area contributed by atoms with Crippen LogP contribution in [0.4, 0.5) is 5.69 Å². The third kappa shape index (κ3) is 5.41. The molecule has 0 spiro atoms. The van der Waals surface area contributed by atoms with E-state index >= 15 is 0 Å². The first-order valence-electron chi connectivity index (χ1n) is 7.20. The minimum absolute atomic E-state index is 0. The van der Waals surface area contributed by atoms with Gasteiger partial charge in [0.2, 0.25) is 5.91 Å². The van der Waals surface area contributed by atoms with Crippen molar-refractivity contribution in [3.63, 3.8) is 0 Å². The second-order valence-corrected chi connectivity index (χ2v) is 7.27. The molecule has 1 atom stereocenters. The Morgan fingerprint density at radius 2 is 1.91 bits per heavy atom. The summed E-state index contributed by atoms with van der Waals surface area (Å²) in [5.74, 6) is 0.0557. The molecule has 23 heavy (non-hydrogen) atoms. The van der Waals surface area contributed by atoms with Gasteiger partial charge < -0.3 is 15.5 Å². The molecule has 0 bridgehead atoms. The van der Waals surface area contributed by atoms with Crippen LogP contribution >= 0.6 is 36.6 Å². The van der Waals surface area contributed by atoms with Crippen LogP contribution in [0.3, 0.4) is 0 Å². The highest BCUT2D eigenvalue weighted by atomic mass is 35.5. The van der Waals surface area contributed by atoms with Gasteiger partial charge in [0, 0.05) is 37.1 Å². The predicted octanol–water partition coefficient (Wildman–Crippen LogP) is 2.04. The minimum Gasteiger partial charge on any atom is -0.367 e. The van der Waals surface area contributed by atoms with E-state index in [2.05, 4.69) is 9.88 Å². The molecule has 0 unspecified atom stereocenters. The summed E-state index contributed by atoms with van der Waals surface area (Å²) in [5, 5.41) is 0. The first-order chi connectivity index (χ1) is 9.95. The molecule has 5 nitrogen and oxygen atoms in total. The van der Waals surface area contributed by atoms with Crippen molar-refractivity contribution in [1.82, 2.24) is 9.88 Å². The molecule has 132 valence electrons. The predicted molar refractivity (Wildman–Crippen MR) is 103 cm³/mol. The summed E-state index contributed by atoms with van der Waals surface area (Å²) in [6, 6.07) is 3.52. The molecule has 1 aromatic heterocycles. The van der Waals surface area contributed by atoms with Crippen molar-refractivity contribution in [1.29, 1.82) is 0 Å². The summed E-state index contributed by atoms with van der Waals surface area (Å²) in [4.78, 5) is 20.8. The van der Waals surface area contributed by atoms with Crippen molar-refractivity contribution in [2.24, 2.45) is 5.73 Å². The van der Waals surface area contributed by atoms with Gasteiger partial charge in [0.1, 0.15) is 0 Å². The van der Waals surface area contributed by atoms with Crippen LogP contribution in [0.5, 0.6) is 0 Å². The zero-order chi connectivity index (χ0) is 15.5. The van der Waals surface area contributed by atoms with Gasteiger partial charge in [-0.2, -0.15) is 11.8 Å². The second-order valence-electron chi connectivity index (χ2n) is 5.81. The number of hydrogen-bond donors (Lipinski definition) is 1. The molecule has 1 fully saturated rings. The number of hydrogen-bond acceptors (Lipinski definition) is 5. The standard InChI is InChI=1S/C15H24N4OS.2ClH/c1-15(2,21-3)13(16)14(20)19-9-7-18(8-10-19)12-5-4-6-17-11-12;;/h4-6,11,13H,7-10,16H2,1-3H3;2*1H/t13-;;/m1../s1. The number of pyridine rings is 1. The van der Waals surface area contributed by atoms with E-state index in [0.29, 0.717) is 13.1 Å². The van der Waals surface area contributed by atoms with E-state index in [0.717, 1.165) is 18.8 Å². The van der Waals surface area contributed by atoms with Gasteiger partial charge in [0.25, 0.3) is 0 Å². The highest BCUT2D eigenvalue weighted by Gasteiger charge is 2.35. The number of carbonyl (C=O) groups excluding carboxylic acids is 1. The normalized spacial score (nSPS) is 16.2. The van der Waals surface area contributed by atoms with Crippen LogP contribution in [0.1, 0.15) is 13.8 Å². The summed E-state index contributed by atoms with van der Waals surface area (Å²) in [5.41, 5.74) is 7.26. The number of anilines is 1. The number of nitrogens with two attached hydrogens (primary N) is 1. The maximum Gasteiger partial charge on any atom is 0.241 e. The Hall–Kier alpha value is -0.690. The van der Waals surface area contributed by atoms with E-state index in [4.69, 9.17) is 5.73 Å². The second kappa shape index (κ2) is 9.57. The molecule has 2 rings (SSSR count). The summed E-state index contributed by atoms with van der Waals surface area (Å²) in [7, 11) is 0. The zero-order valence-electron chi connectivity index (χ0n) is 13.8. The smallest absolute Gasteiger partial charge is 0.241 e. The van der Waals surface area contributed by atoms with Crippen molar-refractivity contribution >= 4 is 48.2 Å². The number of piperazine rings is 1. The first-order valence-corrected chi connectivity index (χ1v) is 8.42. The monoisotopic (exact) mass is 380 g/mol. The molecule has 0 aliphatic carbocycles. The molecule has 1 aromatic rings. The van der Waals surface area contributed by atoms with Crippen LogP contribution in [0.15, 0.2) is 24.5 Å². The van der Waals surface area contributed by atoms with Crippen LogP contribution in [-0.2, 0) is 4.79 Å². The van der Waals surface area contributed by atoms with E-state index in [1.807, 2.05) is 43.3 Å². The van der Waals surface area contributed by atoms with Crippen LogP contribution in [0, 0.1) is 0 Å². The molecule has 2 N–H and O–H groups in total. The summed E-state index contributed by atoms with van der Waals surface area (Å²) < 4.78 is -0.239. The van der Waals surface area contributed by atoms with Gasteiger partial charge in [-0.05, 0) is 32.2 Å². The Bertz CT molecular complexity index is 482. The minimum atomic E-state index is -0.461. The fourth-order valence-electron chi connectivity index (χ4n) is 2.35. The molecule has 0 saturated carbocycles. The first kappa shape index (κ1) is 22.3. The van der Waals surface area contributed by atoms with Gasteiger partial charge in [-0.1, -0.05) is 0 Å². The SMILES string of the molecule is CSC(C)(C)[C@H](N)C(=O)N1CCN(c2cccnc2)CC1.Cl.Cl. The Balaban J connectivity index is 0.00000242. The molecule has 1 amide bonds. The molecule has 1 aliphatic heterocycles. The fraction of sp³-hybridized carbons (Fsp3) is 0.600. The fourth-order valence-corrected chi connectivity index (χ4v) is 2.70. The summed E-state index contributed by atoms with van der Waals surface area (Å²) in [6.45, 7) is 7.11. The van der Waals surface area contributed by atoms with Crippen LogP contribution in [0.2, 0.25) is 0 Å². The number of thioether (sulfide) groups is 1. The van der Waals surface area contributed by atoms with E-state index in [1.54, 1.807) is 18.0 Å². The van der Waals surface area contributed by atoms with Gasteiger partial charge in [-0.25, -0.2) is 0 Å². The maximum absolute atomic E-state index is 12.5. The average Bonchev–Trinajstić information content (AvgIpc) is 2.54. The van der Waals surface area contributed by atoms with Crippen molar-refractivity contribution in [2.75, 3.05) is 37.3 Å². The molecule has 2 heterocycles. The number of nitrogens with zero attached hydrogens (tertiary/aromatic N) is 3. The topological polar surface area (TPSA) is 62.5 Å². The van der Waals surface area contributed by atoms with Gasteiger partial charge in [0.15, 0.2) is 0 Å². The Labute approximate surface area is 155 Å². The van der Waals surface area contributed by atoms with E-state index in [1.165, 1.54) is 0 Å².